The van der Waals surface area contributed by atoms with Gasteiger partial charge < -0.3 is 14.6 Å². The molecule has 1 saturated heterocycles. The van der Waals surface area contributed by atoms with Crippen molar-refractivity contribution < 1.29 is 32.5 Å². The first-order valence-corrected chi connectivity index (χ1v) is 10.6. The number of likely N-dealkylation sites (tertiary alicyclic amines) is 1. The first-order chi connectivity index (χ1) is 14.6. The number of ether oxygens (including phenoxy) is 2. The fourth-order valence-corrected chi connectivity index (χ4v) is 4.30. The Kier molecular flexibility index (Phi) is 9.27. The van der Waals surface area contributed by atoms with Crippen LogP contribution in [0, 0.1) is 12.8 Å². The Labute approximate surface area is 183 Å². The summed E-state index contributed by atoms with van der Waals surface area (Å²) in [7, 11) is 3.55. The van der Waals surface area contributed by atoms with Crippen LogP contribution in [-0.4, -0.2) is 60.5 Å². The lowest BCUT2D eigenvalue weighted by Crippen LogP contribution is -2.44. The number of carboxylic acid groups (broad SMARTS) is 1. The van der Waals surface area contributed by atoms with Crippen molar-refractivity contribution in [3.63, 3.8) is 0 Å². The summed E-state index contributed by atoms with van der Waals surface area (Å²) >= 11 is 1.76. The number of methoxy groups -OCH3 is 2. The van der Waals surface area contributed by atoms with Crippen molar-refractivity contribution in [2.45, 2.75) is 38.6 Å². The lowest BCUT2D eigenvalue weighted by Gasteiger charge is -2.38. The normalized spacial score (nSPS) is 19.4. The van der Waals surface area contributed by atoms with Crippen molar-refractivity contribution in [3.8, 4) is 5.75 Å². The van der Waals surface area contributed by atoms with E-state index in [0.717, 1.165) is 38.2 Å². The Hall–Kier alpha value is -2.17. The fourth-order valence-electron chi connectivity index (χ4n) is 3.48. The Morgan fingerprint density at radius 1 is 1.29 bits per heavy atom. The Morgan fingerprint density at radius 3 is 2.42 bits per heavy atom. The van der Waals surface area contributed by atoms with Gasteiger partial charge >= 0.3 is 12.1 Å². The van der Waals surface area contributed by atoms with E-state index >= 15 is 0 Å². The van der Waals surface area contributed by atoms with Crippen LogP contribution in [0.15, 0.2) is 29.8 Å². The van der Waals surface area contributed by atoms with Crippen LogP contribution in [0.1, 0.15) is 22.6 Å². The third-order valence-electron chi connectivity index (χ3n) is 5.16. The molecule has 0 aliphatic carbocycles. The van der Waals surface area contributed by atoms with Crippen LogP contribution < -0.4 is 4.74 Å². The van der Waals surface area contributed by atoms with E-state index in [1.807, 2.05) is 24.8 Å². The molecule has 1 N–H and O–H groups in total. The molecule has 3 rings (SSSR count). The maximum absolute atomic E-state index is 10.6. The van der Waals surface area contributed by atoms with Crippen LogP contribution in [0.2, 0.25) is 0 Å². The largest absolute Gasteiger partial charge is 0.497 e. The second-order valence-corrected chi connectivity index (χ2v) is 8.21. The van der Waals surface area contributed by atoms with Gasteiger partial charge in [-0.05, 0) is 37.5 Å². The number of aliphatic carboxylic acids is 1. The number of piperidine rings is 1. The molecule has 1 aromatic carbocycles. The van der Waals surface area contributed by atoms with Gasteiger partial charge in [0.05, 0.1) is 24.4 Å². The molecule has 10 heteroatoms. The lowest BCUT2D eigenvalue weighted by atomic mass is 9.88. The van der Waals surface area contributed by atoms with E-state index in [0.29, 0.717) is 12.0 Å². The zero-order chi connectivity index (χ0) is 23.0. The highest BCUT2D eigenvalue weighted by atomic mass is 32.1. The number of halogens is 3. The van der Waals surface area contributed by atoms with E-state index in [1.165, 1.54) is 16.1 Å². The standard InChI is InChI=1S/C19H26N2O2S.C2HF3O2/c1-14-19(24-13-20-14)12-21-9-8-18(23-3)16(11-21)10-15-4-6-17(22-2)7-5-15;3-2(4,5)1(6)7/h4-7,13,16,18H,8-12H2,1-3H3;(H,6,7)/t16-,18-;/m0./s1. The van der Waals surface area contributed by atoms with Crippen LogP contribution in [0.3, 0.4) is 0 Å². The number of carbonyl (C=O) groups is 1. The molecule has 2 atom stereocenters. The minimum absolute atomic E-state index is 0.339. The highest BCUT2D eigenvalue weighted by molar-refractivity contribution is 7.09. The molecule has 31 heavy (non-hydrogen) atoms. The highest BCUT2D eigenvalue weighted by Crippen LogP contribution is 2.26. The van der Waals surface area contributed by atoms with Gasteiger partial charge in [0.25, 0.3) is 0 Å². The zero-order valence-electron chi connectivity index (χ0n) is 17.7. The van der Waals surface area contributed by atoms with Gasteiger partial charge in [-0.25, -0.2) is 9.78 Å². The van der Waals surface area contributed by atoms with Crippen molar-refractivity contribution >= 4 is 17.3 Å². The highest BCUT2D eigenvalue weighted by Gasteiger charge is 2.38. The number of rotatable bonds is 6. The summed E-state index contributed by atoms with van der Waals surface area (Å²) in [6.07, 6.45) is -2.61. The molecular formula is C21H27F3N2O4S. The van der Waals surface area contributed by atoms with E-state index in [1.54, 1.807) is 18.4 Å². The molecule has 0 radical (unpaired) electrons. The van der Waals surface area contributed by atoms with Gasteiger partial charge in [-0.15, -0.1) is 11.3 Å². The number of hydrogen-bond donors (Lipinski definition) is 1. The molecule has 0 unspecified atom stereocenters. The molecule has 1 aromatic heterocycles. The summed E-state index contributed by atoms with van der Waals surface area (Å²) in [4.78, 5) is 17.2. The summed E-state index contributed by atoms with van der Waals surface area (Å²) in [5.41, 5.74) is 4.46. The van der Waals surface area contributed by atoms with Crippen molar-refractivity contribution in [2.24, 2.45) is 5.92 Å². The molecule has 1 aliphatic heterocycles. The molecule has 1 fully saturated rings. The molecule has 2 aromatic rings. The van der Waals surface area contributed by atoms with E-state index in [2.05, 4.69) is 28.9 Å². The van der Waals surface area contributed by atoms with Gasteiger partial charge in [0.2, 0.25) is 0 Å². The van der Waals surface area contributed by atoms with E-state index < -0.39 is 12.1 Å². The number of thiazole rings is 1. The monoisotopic (exact) mass is 460 g/mol. The first kappa shape index (κ1) is 25.1. The van der Waals surface area contributed by atoms with Gasteiger partial charge in [0.15, 0.2) is 0 Å². The summed E-state index contributed by atoms with van der Waals surface area (Å²) in [6.45, 7) is 5.27. The quantitative estimate of drug-likeness (QED) is 0.698. The van der Waals surface area contributed by atoms with E-state index in [-0.39, 0.29) is 0 Å². The molecule has 0 saturated carbocycles. The topological polar surface area (TPSA) is 71.9 Å². The predicted octanol–water partition coefficient (Wildman–Crippen LogP) is 4.17. The number of aryl methyl sites for hydroxylation is 1. The summed E-state index contributed by atoms with van der Waals surface area (Å²) < 4.78 is 42.8. The van der Waals surface area contributed by atoms with Crippen LogP contribution >= 0.6 is 11.3 Å². The molecule has 0 bridgehead atoms. The van der Waals surface area contributed by atoms with Crippen molar-refractivity contribution in [1.82, 2.24) is 9.88 Å². The minimum Gasteiger partial charge on any atom is -0.497 e. The summed E-state index contributed by atoms with van der Waals surface area (Å²) in [5, 5.41) is 7.12. The van der Waals surface area contributed by atoms with Gasteiger partial charge in [-0.2, -0.15) is 13.2 Å². The number of benzene rings is 1. The second kappa shape index (κ2) is 11.4. The maximum Gasteiger partial charge on any atom is 0.490 e. The number of hydrogen-bond acceptors (Lipinski definition) is 6. The second-order valence-electron chi connectivity index (χ2n) is 7.27. The van der Waals surface area contributed by atoms with Gasteiger partial charge in [-0.3, -0.25) is 4.90 Å². The van der Waals surface area contributed by atoms with Crippen LogP contribution in [0.25, 0.3) is 0 Å². The Bertz CT molecular complexity index is 827. The molecule has 0 amide bonds. The molecular weight excluding hydrogens is 433 g/mol. The van der Waals surface area contributed by atoms with Crippen LogP contribution in [0.4, 0.5) is 13.2 Å². The minimum atomic E-state index is -5.08. The van der Waals surface area contributed by atoms with Crippen LogP contribution in [0.5, 0.6) is 5.75 Å². The molecule has 0 spiro atoms. The first-order valence-electron chi connectivity index (χ1n) is 9.71. The maximum atomic E-state index is 10.6. The molecule has 2 heterocycles. The fraction of sp³-hybridized carbons (Fsp3) is 0.524. The van der Waals surface area contributed by atoms with Gasteiger partial charge in [0.1, 0.15) is 5.75 Å². The Balaban J connectivity index is 0.000000423. The molecule has 6 nitrogen and oxygen atoms in total. The number of carboxylic acids is 1. The van der Waals surface area contributed by atoms with Crippen molar-refractivity contribution in [3.05, 3.63) is 45.9 Å². The van der Waals surface area contributed by atoms with Crippen molar-refractivity contribution in [1.29, 1.82) is 0 Å². The number of nitrogens with zero attached hydrogens (tertiary/aromatic N) is 2. The number of alkyl halides is 3. The van der Waals surface area contributed by atoms with E-state index in [9.17, 15) is 13.2 Å². The SMILES string of the molecule is COc1ccc(C[C@H]2CN(Cc3scnc3C)CC[C@@H]2OC)cc1.O=C(O)C(F)(F)F. The van der Waals surface area contributed by atoms with Gasteiger partial charge in [-0.1, -0.05) is 12.1 Å². The molecule has 172 valence electrons. The average molecular weight is 461 g/mol. The predicted molar refractivity (Wildman–Crippen MR) is 111 cm³/mol. The van der Waals surface area contributed by atoms with E-state index in [4.69, 9.17) is 19.4 Å². The number of aromatic nitrogens is 1. The third-order valence-corrected chi connectivity index (χ3v) is 6.08. The molecule has 1 aliphatic rings. The average Bonchev–Trinajstić information content (AvgIpc) is 3.13. The van der Waals surface area contributed by atoms with Crippen molar-refractivity contribution in [2.75, 3.05) is 27.3 Å². The Morgan fingerprint density at radius 2 is 1.94 bits per heavy atom. The third kappa shape index (κ3) is 7.79. The van der Waals surface area contributed by atoms with Gasteiger partial charge in [0, 0.05) is 37.5 Å². The lowest BCUT2D eigenvalue weighted by molar-refractivity contribution is -0.192. The summed E-state index contributed by atoms with van der Waals surface area (Å²) in [5.74, 6) is -1.33. The van der Waals surface area contributed by atoms with Crippen LogP contribution in [-0.2, 0) is 22.5 Å². The summed E-state index contributed by atoms with van der Waals surface area (Å²) in [6, 6.07) is 8.41. The zero-order valence-corrected chi connectivity index (χ0v) is 18.5. The smallest absolute Gasteiger partial charge is 0.490 e.